The molecule has 7 heteroatoms. The molecule has 0 aromatic carbocycles. The van der Waals surface area contributed by atoms with Gasteiger partial charge >= 0.3 is 12.0 Å². The third-order valence-corrected chi connectivity index (χ3v) is 4.35. The van der Waals surface area contributed by atoms with Crippen LogP contribution >= 0.6 is 11.8 Å². The number of rotatable bonds is 3. The highest BCUT2D eigenvalue weighted by molar-refractivity contribution is 7.99. The maximum atomic E-state index is 11.9. The SMILES string of the molecule is CC1(CNC(=O)N2CSC[C@H]2C(=O)O)CCCO1. The normalized spacial score (nSPS) is 31.6. The van der Waals surface area contributed by atoms with Crippen LogP contribution in [0.4, 0.5) is 4.79 Å². The van der Waals surface area contributed by atoms with Crippen molar-refractivity contribution in [3.05, 3.63) is 0 Å². The number of amides is 2. The van der Waals surface area contributed by atoms with Crippen molar-refractivity contribution in [3.63, 3.8) is 0 Å². The number of ether oxygens (including phenoxy) is 1. The van der Waals surface area contributed by atoms with Crippen LogP contribution in [0.5, 0.6) is 0 Å². The molecule has 2 fully saturated rings. The lowest BCUT2D eigenvalue weighted by atomic mass is 10.0. The van der Waals surface area contributed by atoms with Crippen LogP contribution in [0, 0.1) is 0 Å². The Hall–Kier alpha value is -0.950. The average molecular weight is 274 g/mol. The zero-order valence-corrected chi connectivity index (χ0v) is 11.2. The van der Waals surface area contributed by atoms with Gasteiger partial charge in [-0.1, -0.05) is 0 Å². The number of carboxylic acids is 1. The topological polar surface area (TPSA) is 78.9 Å². The van der Waals surface area contributed by atoms with Gasteiger partial charge in [0, 0.05) is 18.9 Å². The number of carbonyl (C=O) groups excluding carboxylic acids is 1. The molecular formula is C11H18N2O4S. The zero-order valence-electron chi connectivity index (χ0n) is 10.3. The maximum Gasteiger partial charge on any atom is 0.327 e. The van der Waals surface area contributed by atoms with Crippen molar-refractivity contribution in [3.8, 4) is 0 Å². The summed E-state index contributed by atoms with van der Waals surface area (Å²) in [6, 6.07) is -1.03. The van der Waals surface area contributed by atoms with E-state index in [2.05, 4.69) is 5.32 Å². The summed E-state index contributed by atoms with van der Waals surface area (Å²) in [6.07, 6.45) is 1.92. The first-order valence-corrected chi connectivity index (χ1v) is 7.16. The van der Waals surface area contributed by atoms with Crippen molar-refractivity contribution in [2.24, 2.45) is 0 Å². The predicted molar refractivity (Wildman–Crippen MR) is 67.6 cm³/mol. The number of nitrogens with zero attached hydrogens (tertiary/aromatic N) is 1. The Morgan fingerprint density at radius 2 is 2.39 bits per heavy atom. The first-order chi connectivity index (χ1) is 8.52. The van der Waals surface area contributed by atoms with Crippen LogP contribution in [0.2, 0.25) is 0 Å². The number of aliphatic carboxylic acids is 1. The molecule has 2 heterocycles. The number of carboxylic acid groups (broad SMARTS) is 1. The number of nitrogens with one attached hydrogen (secondary N) is 1. The van der Waals surface area contributed by atoms with E-state index in [0.717, 1.165) is 19.4 Å². The van der Waals surface area contributed by atoms with E-state index in [1.807, 2.05) is 6.92 Å². The molecule has 0 aromatic rings. The molecule has 0 radical (unpaired) electrons. The third kappa shape index (κ3) is 2.89. The van der Waals surface area contributed by atoms with Crippen molar-refractivity contribution in [2.75, 3.05) is 24.8 Å². The highest BCUT2D eigenvalue weighted by Crippen LogP contribution is 2.25. The molecule has 2 aliphatic rings. The van der Waals surface area contributed by atoms with Crippen LogP contribution in [-0.4, -0.2) is 58.4 Å². The molecule has 6 nitrogen and oxygen atoms in total. The Morgan fingerprint density at radius 3 is 3.00 bits per heavy atom. The summed E-state index contributed by atoms with van der Waals surface area (Å²) in [5.74, 6) is -0.0600. The van der Waals surface area contributed by atoms with Gasteiger partial charge in [0.2, 0.25) is 0 Å². The van der Waals surface area contributed by atoms with E-state index in [1.165, 1.54) is 16.7 Å². The van der Waals surface area contributed by atoms with Crippen molar-refractivity contribution in [1.82, 2.24) is 10.2 Å². The highest BCUT2D eigenvalue weighted by atomic mass is 32.2. The van der Waals surface area contributed by atoms with Crippen LogP contribution in [-0.2, 0) is 9.53 Å². The summed E-state index contributed by atoms with van der Waals surface area (Å²) in [5.41, 5.74) is -0.304. The highest BCUT2D eigenvalue weighted by Gasteiger charge is 2.36. The van der Waals surface area contributed by atoms with Gasteiger partial charge in [0.25, 0.3) is 0 Å². The fraction of sp³-hybridized carbons (Fsp3) is 0.818. The van der Waals surface area contributed by atoms with Gasteiger partial charge in [-0.05, 0) is 19.8 Å². The summed E-state index contributed by atoms with van der Waals surface area (Å²) in [7, 11) is 0. The van der Waals surface area contributed by atoms with Gasteiger partial charge in [0.05, 0.1) is 11.5 Å². The van der Waals surface area contributed by atoms with Crippen LogP contribution in [0.3, 0.4) is 0 Å². The number of hydrogen-bond acceptors (Lipinski definition) is 4. The minimum atomic E-state index is -0.946. The first kappa shape index (κ1) is 13.5. The molecule has 0 bridgehead atoms. The van der Waals surface area contributed by atoms with Gasteiger partial charge in [0.15, 0.2) is 0 Å². The second-order valence-electron chi connectivity index (χ2n) is 4.88. The molecule has 102 valence electrons. The molecule has 0 aliphatic carbocycles. The van der Waals surface area contributed by atoms with Crippen molar-refractivity contribution < 1.29 is 19.4 Å². The molecule has 2 atom stereocenters. The summed E-state index contributed by atoms with van der Waals surface area (Å²) < 4.78 is 5.57. The number of urea groups is 1. The van der Waals surface area contributed by atoms with Gasteiger partial charge in [0.1, 0.15) is 6.04 Å². The number of hydrogen-bond donors (Lipinski definition) is 2. The quantitative estimate of drug-likeness (QED) is 0.793. The van der Waals surface area contributed by atoms with Crippen molar-refractivity contribution in [1.29, 1.82) is 0 Å². The minimum absolute atomic E-state index is 0.304. The lowest BCUT2D eigenvalue weighted by Gasteiger charge is -2.26. The zero-order chi connectivity index (χ0) is 13.2. The van der Waals surface area contributed by atoms with E-state index in [-0.39, 0.29) is 11.6 Å². The monoisotopic (exact) mass is 274 g/mol. The number of thioether (sulfide) groups is 1. The van der Waals surface area contributed by atoms with E-state index in [4.69, 9.17) is 9.84 Å². The van der Waals surface area contributed by atoms with Crippen molar-refractivity contribution >= 4 is 23.8 Å². The van der Waals surface area contributed by atoms with E-state index >= 15 is 0 Å². The maximum absolute atomic E-state index is 11.9. The van der Waals surface area contributed by atoms with Crippen LogP contribution in [0.1, 0.15) is 19.8 Å². The van der Waals surface area contributed by atoms with Crippen LogP contribution in [0.15, 0.2) is 0 Å². The lowest BCUT2D eigenvalue weighted by Crippen LogP contribution is -2.50. The second kappa shape index (κ2) is 5.36. The molecule has 0 spiro atoms. The van der Waals surface area contributed by atoms with E-state index < -0.39 is 12.0 Å². The Bertz CT molecular complexity index is 344. The molecule has 18 heavy (non-hydrogen) atoms. The summed E-state index contributed by atoms with van der Waals surface area (Å²) in [4.78, 5) is 24.3. The Balaban J connectivity index is 1.86. The molecule has 1 unspecified atom stereocenters. The molecular weight excluding hydrogens is 256 g/mol. The summed E-state index contributed by atoms with van der Waals surface area (Å²) in [6.45, 7) is 3.12. The summed E-state index contributed by atoms with van der Waals surface area (Å²) in [5, 5.41) is 11.8. The Kier molecular flexibility index (Phi) is 4.01. The smallest absolute Gasteiger partial charge is 0.327 e. The minimum Gasteiger partial charge on any atom is -0.480 e. The van der Waals surface area contributed by atoms with Gasteiger partial charge in [-0.25, -0.2) is 9.59 Å². The number of carbonyl (C=O) groups is 2. The van der Waals surface area contributed by atoms with Crippen LogP contribution in [0.25, 0.3) is 0 Å². The average Bonchev–Trinajstić information content (AvgIpc) is 2.95. The molecule has 2 amide bonds. The fourth-order valence-electron chi connectivity index (χ4n) is 2.19. The molecule has 2 saturated heterocycles. The largest absolute Gasteiger partial charge is 0.480 e. The summed E-state index contributed by atoms with van der Waals surface area (Å²) >= 11 is 1.46. The fourth-order valence-corrected chi connectivity index (χ4v) is 3.33. The van der Waals surface area contributed by atoms with Crippen LogP contribution < -0.4 is 5.32 Å². The van der Waals surface area contributed by atoms with Gasteiger partial charge in [-0.3, -0.25) is 0 Å². The molecule has 0 saturated carbocycles. The Labute approximate surface area is 110 Å². The van der Waals surface area contributed by atoms with E-state index in [9.17, 15) is 9.59 Å². The van der Waals surface area contributed by atoms with E-state index in [0.29, 0.717) is 18.2 Å². The lowest BCUT2D eigenvalue weighted by molar-refractivity contribution is -0.140. The third-order valence-electron chi connectivity index (χ3n) is 3.34. The predicted octanol–water partition coefficient (Wildman–Crippen LogP) is 0.725. The van der Waals surface area contributed by atoms with E-state index in [1.54, 1.807) is 0 Å². The standard InChI is InChI=1S/C11H18N2O4S/c1-11(3-2-4-17-11)6-12-10(16)13-7-18-5-8(13)9(14)15/h8H,2-7H2,1H3,(H,12,16)(H,14,15)/t8-,11?/m0/s1. The molecule has 2 rings (SSSR count). The van der Waals surface area contributed by atoms with Gasteiger partial charge in [-0.15, -0.1) is 11.8 Å². The molecule has 0 aromatic heterocycles. The second-order valence-corrected chi connectivity index (χ2v) is 5.88. The van der Waals surface area contributed by atoms with Gasteiger partial charge in [-0.2, -0.15) is 0 Å². The first-order valence-electron chi connectivity index (χ1n) is 6.01. The van der Waals surface area contributed by atoms with Gasteiger partial charge < -0.3 is 20.1 Å². The van der Waals surface area contributed by atoms with Crippen molar-refractivity contribution in [2.45, 2.75) is 31.4 Å². The Morgan fingerprint density at radius 1 is 1.61 bits per heavy atom. The molecule has 2 N–H and O–H groups in total. The molecule has 2 aliphatic heterocycles.